The van der Waals surface area contributed by atoms with E-state index in [0.29, 0.717) is 29.6 Å². The van der Waals surface area contributed by atoms with Gasteiger partial charge in [0.15, 0.2) is 5.58 Å². The molecule has 0 radical (unpaired) electrons. The maximum atomic E-state index is 11.8. The molecule has 0 bridgehead atoms. The summed E-state index contributed by atoms with van der Waals surface area (Å²) in [6.45, 7) is 4.16. The molecular formula is C28H22N2O4. The fraction of sp³-hybridized carbons (Fsp3) is 0.107. The van der Waals surface area contributed by atoms with Crippen molar-refractivity contribution >= 4 is 29.0 Å². The minimum Gasteiger partial charge on any atom is -0.462 e. The standard InChI is InChI=1S/C28H22N2O4/c1-3-32-28(31)20-10-8-19(9-11-20)25-14-12-23(33-25)17-29-22-6-4-5-21(16-22)27-30-24-15-18(2)7-13-26(24)34-27/h4-17H,3H2,1-2H3. The second kappa shape index (κ2) is 9.19. The summed E-state index contributed by atoms with van der Waals surface area (Å²) in [4.78, 5) is 21.0. The minimum absolute atomic E-state index is 0.337. The maximum absolute atomic E-state index is 11.8. The number of aromatic nitrogens is 1. The van der Waals surface area contributed by atoms with Crippen molar-refractivity contribution in [2.75, 3.05) is 6.61 Å². The summed E-state index contributed by atoms with van der Waals surface area (Å²) in [5.41, 5.74) is 5.71. The molecule has 3 aromatic carbocycles. The van der Waals surface area contributed by atoms with E-state index in [9.17, 15) is 4.79 Å². The molecule has 0 unspecified atom stereocenters. The Hall–Kier alpha value is -4.45. The molecule has 0 spiro atoms. The third-order valence-electron chi connectivity index (χ3n) is 5.28. The normalized spacial score (nSPS) is 11.4. The van der Waals surface area contributed by atoms with Crippen molar-refractivity contribution in [3.05, 3.63) is 95.7 Å². The van der Waals surface area contributed by atoms with Crippen molar-refractivity contribution in [1.29, 1.82) is 0 Å². The molecule has 2 aromatic heterocycles. The second-order valence-electron chi connectivity index (χ2n) is 7.80. The van der Waals surface area contributed by atoms with E-state index in [1.54, 1.807) is 25.3 Å². The van der Waals surface area contributed by atoms with Gasteiger partial charge in [-0.1, -0.05) is 24.3 Å². The summed E-state index contributed by atoms with van der Waals surface area (Å²) in [6, 6.07) is 24.5. The number of rotatable bonds is 6. The number of benzene rings is 3. The van der Waals surface area contributed by atoms with Gasteiger partial charge in [0.1, 0.15) is 17.0 Å². The molecule has 0 aliphatic rings. The first-order valence-corrected chi connectivity index (χ1v) is 11.0. The van der Waals surface area contributed by atoms with Crippen molar-refractivity contribution in [2.45, 2.75) is 13.8 Å². The number of furan rings is 1. The van der Waals surface area contributed by atoms with Crippen molar-refractivity contribution < 1.29 is 18.4 Å². The number of esters is 1. The molecule has 0 aliphatic heterocycles. The van der Waals surface area contributed by atoms with Gasteiger partial charge in [-0.05, 0) is 74.0 Å². The van der Waals surface area contributed by atoms with Crippen molar-refractivity contribution in [3.63, 3.8) is 0 Å². The van der Waals surface area contributed by atoms with Crippen LogP contribution in [0.2, 0.25) is 0 Å². The van der Waals surface area contributed by atoms with E-state index in [2.05, 4.69) is 9.98 Å². The zero-order chi connectivity index (χ0) is 23.5. The number of carbonyl (C=O) groups excluding carboxylic acids is 1. The van der Waals surface area contributed by atoms with Crippen molar-refractivity contribution in [3.8, 4) is 22.8 Å². The van der Waals surface area contributed by atoms with E-state index in [-0.39, 0.29) is 5.97 Å². The van der Waals surface area contributed by atoms with Gasteiger partial charge in [0.05, 0.1) is 24.1 Å². The van der Waals surface area contributed by atoms with Gasteiger partial charge < -0.3 is 13.6 Å². The molecule has 0 fully saturated rings. The predicted octanol–water partition coefficient (Wildman–Crippen LogP) is 6.99. The average molecular weight is 450 g/mol. The third kappa shape index (κ3) is 4.52. The van der Waals surface area contributed by atoms with Crippen LogP contribution in [-0.4, -0.2) is 23.8 Å². The monoisotopic (exact) mass is 450 g/mol. The first kappa shape index (κ1) is 21.4. The molecule has 0 N–H and O–H groups in total. The molecule has 168 valence electrons. The minimum atomic E-state index is -0.337. The van der Waals surface area contributed by atoms with Crippen LogP contribution in [0.15, 0.2) is 92.7 Å². The van der Waals surface area contributed by atoms with Crippen molar-refractivity contribution in [1.82, 2.24) is 4.98 Å². The van der Waals surface area contributed by atoms with E-state index in [1.165, 1.54) is 0 Å². The second-order valence-corrected chi connectivity index (χ2v) is 7.80. The number of hydrogen-bond acceptors (Lipinski definition) is 6. The number of aliphatic imine (C=N–C) groups is 1. The molecule has 6 heteroatoms. The van der Waals surface area contributed by atoms with Crippen LogP contribution in [-0.2, 0) is 4.74 Å². The zero-order valence-electron chi connectivity index (χ0n) is 18.8. The summed E-state index contributed by atoms with van der Waals surface area (Å²) in [5, 5.41) is 0. The van der Waals surface area contributed by atoms with Gasteiger partial charge in [-0.25, -0.2) is 9.78 Å². The summed E-state index contributed by atoms with van der Waals surface area (Å²) in [6.07, 6.45) is 1.67. The van der Waals surface area contributed by atoms with Crippen LogP contribution in [0.1, 0.15) is 28.6 Å². The Morgan fingerprint density at radius 2 is 1.82 bits per heavy atom. The molecule has 0 saturated carbocycles. The molecule has 0 amide bonds. The lowest BCUT2D eigenvalue weighted by molar-refractivity contribution is 0.0526. The van der Waals surface area contributed by atoms with Gasteiger partial charge in [-0.15, -0.1) is 0 Å². The highest BCUT2D eigenvalue weighted by Crippen LogP contribution is 2.28. The van der Waals surface area contributed by atoms with Crippen molar-refractivity contribution in [2.24, 2.45) is 4.99 Å². The Morgan fingerprint density at radius 3 is 2.65 bits per heavy atom. The first-order valence-electron chi connectivity index (χ1n) is 11.0. The number of fused-ring (bicyclic) bond motifs is 1. The quantitative estimate of drug-likeness (QED) is 0.206. The molecule has 5 rings (SSSR count). The molecule has 34 heavy (non-hydrogen) atoms. The van der Waals surface area contributed by atoms with Crippen LogP contribution in [0, 0.1) is 6.92 Å². The number of nitrogens with zero attached hydrogens (tertiary/aromatic N) is 2. The van der Waals surface area contributed by atoms with Crippen LogP contribution < -0.4 is 0 Å². The lowest BCUT2D eigenvalue weighted by atomic mass is 10.1. The smallest absolute Gasteiger partial charge is 0.338 e. The summed E-state index contributed by atoms with van der Waals surface area (Å²) in [7, 11) is 0. The fourth-order valence-electron chi connectivity index (χ4n) is 3.58. The number of aryl methyl sites for hydroxylation is 1. The van der Waals surface area contributed by atoms with Crippen LogP contribution in [0.4, 0.5) is 5.69 Å². The van der Waals surface area contributed by atoms with Gasteiger partial charge in [0.25, 0.3) is 0 Å². The Balaban J connectivity index is 1.33. The van der Waals surface area contributed by atoms with Crippen LogP contribution in [0.3, 0.4) is 0 Å². The van der Waals surface area contributed by atoms with Gasteiger partial charge in [0.2, 0.25) is 5.89 Å². The third-order valence-corrected chi connectivity index (χ3v) is 5.28. The highest BCUT2D eigenvalue weighted by molar-refractivity contribution is 5.90. The van der Waals surface area contributed by atoms with Gasteiger partial charge in [-0.3, -0.25) is 4.99 Å². The predicted molar refractivity (Wildman–Crippen MR) is 132 cm³/mol. The van der Waals surface area contributed by atoms with E-state index < -0.39 is 0 Å². The number of carbonyl (C=O) groups is 1. The topological polar surface area (TPSA) is 77.8 Å². The van der Waals surface area contributed by atoms with Gasteiger partial charge in [-0.2, -0.15) is 0 Å². The van der Waals surface area contributed by atoms with Crippen LogP contribution in [0.5, 0.6) is 0 Å². The average Bonchev–Trinajstić information content (AvgIpc) is 3.50. The molecule has 0 saturated heterocycles. The van der Waals surface area contributed by atoms with Gasteiger partial charge in [0, 0.05) is 11.1 Å². The molecule has 2 heterocycles. The summed E-state index contributed by atoms with van der Waals surface area (Å²) >= 11 is 0. The lowest BCUT2D eigenvalue weighted by Crippen LogP contribution is -2.03. The zero-order valence-corrected chi connectivity index (χ0v) is 18.8. The number of ether oxygens (including phenoxy) is 1. The summed E-state index contributed by atoms with van der Waals surface area (Å²) in [5.74, 6) is 1.53. The summed E-state index contributed by atoms with van der Waals surface area (Å²) < 4.78 is 16.8. The Bertz CT molecular complexity index is 1490. The SMILES string of the molecule is CCOC(=O)c1ccc(-c2ccc(C=Nc3cccc(-c4nc5cc(C)ccc5o4)c3)o2)cc1. The highest BCUT2D eigenvalue weighted by Gasteiger charge is 2.10. The van der Waals surface area contributed by atoms with E-state index in [1.807, 2.05) is 73.7 Å². The van der Waals surface area contributed by atoms with E-state index >= 15 is 0 Å². The maximum Gasteiger partial charge on any atom is 0.338 e. The lowest BCUT2D eigenvalue weighted by Gasteiger charge is -2.02. The Labute approximate surface area is 196 Å². The van der Waals surface area contributed by atoms with Crippen LogP contribution in [0.25, 0.3) is 33.9 Å². The van der Waals surface area contributed by atoms with Gasteiger partial charge >= 0.3 is 5.97 Å². The molecule has 6 nitrogen and oxygen atoms in total. The molecule has 0 atom stereocenters. The molecular weight excluding hydrogens is 428 g/mol. The van der Waals surface area contributed by atoms with Crippen LogP contribution >= 0.6 is 0 Å². The highest BCUT2D eigenvalue weighted by atomic mass is 16.5. The molecule has 0 aliphatic carbocycles. The Morgan fingerprint density at radius 1 is 0.971 bits per heavy atom. The molecule has 5 aromatic rings. The first-order chi connectivity index (χ1) is 16.6. The fourth-order valence-corrected chi connectivity index (χ4v) is 3.58. The number of oxazole rings is 1. The largest absolute Gasteiger partial charge is 0.462 e. The number of hydrogen-bond donors (Lipinski definition) is 0. The Kier molecular flexibility index (Phi) is 5.79. The van der Waals surface area contributed by atoms with E-state index in [4.69, 9.17) is 13.6 Å². The van der Waals surface area contributed by atoms with E-state index in [0.717, 1.165) is 33.5 Å².